The Kier molecular flexibility index (Phi) is 14.3. The largest absolute Gasteiger partial charge is 0.363 e. The van der Waals surface area contributed by atoms with Crippen molar-refractivity contribution in [2.45, 2.75) is 0 Å². The normalized spacial score (nSPS) is 10.3. The predicted molar refractivity (Wildman–Crippen MR) is 110 cm³/mol. The van der Waals surface area contributed by atoms with E-state index < -0.39 is 0 Å². The zero-order valence-corrected chi connectivity index (χ0v) is 17.3. The van der Waals surface area contributed by atoms with Gasteiger partial charge >= 0.3 is 0 Å². The van der Waals surface area contributed by atoms with E-state index >= 15 is 0 Å². The zero-order chi connectivity index (χ0) is 14.7. The van der Waals surface area contributed by atoms with Gasteiger partial charge in [0.15, 0.2) is 0 Å². The van der Waals surface area contributed by atoms with Gasteiger partial charge in [0.05, 0.1) is 0 Å². The molecule has 0 bridgehead atoms. The second kappa shape index (κ2) is 13.2. The van der Waals surface area contributed by atoms with Crippen LogP contribution < -0.4 is 0 Å². The van der Waals surface area contributed by atoms with Crippen molar-refractivity contribution in [2.75, 3.05) is 51.2 Å². The highest BCUT2D eigenvalue weighted by atomic mass is 33.1. The van der Waals surface area contributed by atoms with Crippen LogP contribution in [0.25, 0.3) is 0 Å². The Morgan fingerprint density at radius 3 is 1.42 bits per heavy atom. The van der Waals surface area contributed by atoms with Crippen LogP contribution in [-0.2, 0) is 0 Å². The Labute approximate surface area is 148 Å². The van der Waals surface area contributed by atoms with Gasteiger partial charge in [-0.1, -0.05) is 46.0 Å². The van der Waals surface area contributed by atoms with E-state index in [1.807, 2.05) is 71.3 Å². The quantitative estimate of drug-likeness (QED) is 0.338. The Bertz CT molecular complexity index is 245. The second-order valence-electron chi connectivity index (χ2n) is 3.74. The van der Waals surface area contributed by atoms with Crippen LogP contribution in [0.5, 0.6) is 0 Å². The Morgan fingerprint density at radius 2 is 1.11 bits per heavy atom. The molecule has 0 heterocycles. The molecule has 0 fully saturated rings. The van der Waals surface area contributed by atoms with E-state index in [-0.39, 0.29) is 0 Å². The van der Waals surface area contributed by atoms with Crippen molar-refractivity contribution in [3.63, 3.8) is 0 Å². The Morgan fingerprint density at radius 1 is 0.737 bits per heavy atom. The van der Waals surface area contributed by atoms with E-state index in [1.54, 1.807) is 21.6 Å². The fraction of sp³-hybridized carbons (Fsp3) is 0.800. The first kappa shape index (κ1) is 20.5. The minimum absolute atomic E-state index is 0.944. The van der Waals surface area contributed by atoms with Gasteiger partial charge in [0.2, 0.25) is 0 Å². The third-order valence-corrected chi connectivity index (χ3v) is 9.63. The molecule has 0 saturated heterocycles. The summed E-state index contributed by atoms with van der Waals surface area (Å²) in [6.45, 7) is 0. The second-order valence-corrected chi connectivity index (χ2v) is 11.1. The molecule has 112 valence electrons. The van der Waals surface area contributed by atoms with Crippen LogP contribution in [0.4, 0.5) is 0 Å². The Hall–Kier alpha value is 1.53. The van der Waals surface area contributed by atoms with Crippen molar-refractivity contribution in [3.05, 3.63) is 0 Å². The topological polar surface area (TPSA) is 6.48 Å². The molecule has 0 radical (unpaired) electrons. The third-order valence-electron chi connectivity index (χ3n) is 1.61. The minimum atomic E-state index is 0.944. The standard InChI is InChI=1S/C10H20N2S7/c1-11(2)9(13)18-16-7-5-15-6-8-17-19-10(14)12(3)4/h5-8H2,1-4H3. The fourth-order valence-electron chi connectivity index (χ4n) is 0.621. The van der Waals surface area contributed by atoms with Crippen LogP contribution in [-0.4, -0.2) is 69.6 Å². The van der Waals surface area contributed by atoms with Crippen molar-refractivity contribution in [1.29, 1.82) is 0 Å². The molecule has 0 aliphatic heterocycles. The number of nitrogens with zero attached hydrogens (tertiary/aromatic N) is 2. The summed E-state index contributed by atoms with van der Waals surface area (Å²) in [6.07, 6.45) is 0. The van der Waals surface area contributed by atoms with Crippen LogP contribution in [0.1, 0.15) is 0 Å². The fourth-order valence-corrected chi connectivity index (χ4v) is 7.07. The average molecular weight is 393 g/mol. The van der Waals surface area contributed by atoms with Crippen LogP contribution in [0.3, 0.4) is 0 Å². The maximum absolute atomic E-state index is 5.20. The van der Waals surface area contributed by atoms with Crippen molar-refractivity contribution in [1.82, 2.24) is 9.80 Å². The van der Waals surface area contributed by atoms with Crippen LogP contribution in [0, 0.1) is 0 Å². The number of thiocarbonyl (C=S) groups is 2. The molecule has 0 N–H and O–H groups in total. The summed E-state index contributed by atoms with van der Waals surface area (Å²) < 4.78 is 1.89. The molecule has 0 aliphatic rings. The predicted octanol–water partition coefficient (Wildman–Crippen LogP) is 4.18. The lowest BCUT2D eigenvalue weighted by molar-refractivity contribution is 0.648. The molecule has 0 spiro atoms. The maximum atomic E-state index is 5.20. The molecule has 0 aromatic rings. The highest BCUT2D eigenvalue weighted by molar-refractivity contribution is 8.84. The maximum Gasteiger partial charge on any atom is 0.146 e. The number of rotatable bonds is 8. The monoisotopic (exact) mass is 392 g/mol. The molecule has 0 amide bonds. The summed E-state index contributed by atoms with van der Waals surface area (Å²) in [5.41, 5.74) is 0. The van der Waals surface area contributed by atoms with E-state index in [1.165, 1.54) is 11.5 Å². The summed E-state index contributed by atoms with van der Waals surface area (Å²) in [4.78, 5) is 3.95. The van der Waals surface area contributed by atoms with E-state index in [9.17, 15) is 0 Å². The minimum Gasteiger partial charge on any atom is -0.363 e. The molecule has 9 heteroatoms. The van der Waals surface area contributed by atoms with Gasteiger partial charge in [-0.25, -0.2) is 0 Å². The highest BCUT2D eigenvalue weighted by Gasteiger charge is 2.01. The summed E-state index contributed by atoms with van der Waals surface area (Å²) in [5, 5.41) is 0. The molecular formula is C10H20N2S7. The first-order valence-corrected chi connectivity index (χ1v) is 12.1. The van der Waals surface area contributed by atoms with Crippen LogP contribution >= 0.6 is 79.4 Å². The van der Waals surface area contributed by atoms with Crippen molar-refractivity contribution >= 4 is 88.0 Å². The lowest BCUT2D eigenvalue weighted by Crippen LogP contribution is -2.15. The highest BCUT2D eigenvalue weighted by Crippen LogP contribution is 2.27. The van der Waals surface area contributed by atoms with E-state index in [0.29, 0.717) is 0 Å². The first-order valence-electron chi connectivity index (χ1n) is 5.54. The van der Waals surface area contributed by atoms with Gasteiger partial charge in [-0.05, 0) is 21.6 Å². The van der Waals surface area contributed by atoms with Gasteiger partial charge in [-0.15, -0.1) is 0 Å². The van der Waals surface area contributed by atoms with E-state index in [4.69, 9.17) is 24.4 Å². The number of hydrogen-bond donors (Lipinski definition) is 0. The van der Waals surface area contributed by atoms with Crippen LogP contribution in [0.2, 0.25) is 0 Å². The Balaban J connectivity index is 3.24. The summed E-state index contributed by atoms with van der Waals surface area (Å²) >= 11 is 12.4. The van der Waals surface area contributed by atoms with Gasteiger partial charge in [0, 0.05) is 51.2 Å². The summed E-state index contributed by atoms with van der Waals surface area (Å²) in [5.74, 6) is 4.63. The molecule has 0 rings (SSSR count). The van der Waals surface area contributed by atoms with Gasteiger partial charge in [-0.3, -0.25) is 0 Å². The van der Waals surface area contributed by atoms with E-state index in [2.05, 4.69) is 0 Å². The molecular weight excluding hydrogens is 373 g/mol. The van der Waals surface area contributed by atoms with E-state index in [0.717, 1.165) is 20.1 Å². The molecule has 0 saturated carbocycles. The molecule has 0 aromatic carbocycles. The first-order chi connectivity index (χ1) is 8.95. The number of hydrogen-bond acceptors (Lipinski definition) is 7. The average Bonchev–Trinajstić information content (AvgIpc) is 2.35. The molecule has 0 aromatic heterocycles. The molecule has 0 aliphatic carbocycles. The molecule has 19 heavy (non-hydrogen) atoms. The SMILES string of the molecule is CN(C)C(=S)SSCCSCCSSC(=S)N(C)C. The van der Waals surface area contributed by atoms with Crippen molar-refractivity contribution in [2.24, 2.45) is 0 Å². The molecule has 0 unspecified atom stereocenters. The zero-order valence-electron chi connectivity index (χ0n) is 11.6. The molecule has 0 atom stereocenters. The third kappa shape index (κ3) is 12.9. The lowest BCUT2D eigenvalue weighted by Gasteiger charge is -2.12. The lowest BCUT2D eigenvalue weighted by atomic mass is 10.9. The van der Waals surface area contributed by atoms with Crippen LogP contribution in [0.15, 0.2) is 0 Å². The molecule has 2 nitrogen and oxygen atoms in total. The van der Waals surface area contributed by atoms with Gasteiger partial charge in [-0.2, -0.15) is 11.8 Å². The number of thioether (sulfide) groups is 1. The summed E-state index contributed by atoms with van der Waals surface area (Å²) in [7, 11) is 15.0. The van der Waals surface area contributed by atoms with Gasteiger partial charge in [0.25, 0.3) is 0 Å². The van der Waals surface area contributed by atoms with Crippen molar-refractivity contribution in [3.8, 4) is 0 Å². The van der Waals surface area contributed by atoms with Gasteiger partial charge in [0.1, 0.15) is 8.64 Å². The van der Waals surface area contributed by atoms with Gasteiger partial charge < -0.3 is 9.80 Å². The smallest absolute Gasteiger partial charge is 0.146 e. The van der Waals surface area contributed by atoms with Crippen molar-refractivity contribution < 1.29 is 0 Å². The summed E-state index contributed by atoms with van der Waals surface area (Å²) in [6, 6.07) is 0.